The summed E-state index contributed by atoms with van der Waals surface area (Å²) < 4.78 is 28.4. The predicted octanol–water partition coefficient (Wildman–Crippen LogP) is 2.19. The van der Waals surface area contributed by atoms with Crippen molar-refractivity contribution in [2.45, 2.75) is 59.0 Å². The van der Waals surface area contributed by atoms with Crippen LogP contribution in [0.5, 0.6) is 5.88 Å². The van der Waals surface area contributed by atoms with E-state index in [9.17, 15) is 28.3 Å². The van der Waals surface area contributed by atoms with E-state index in [0.717, 1.165) is 17.4 Å². The highest BCUT2D eigenvalue weighted by molar-refractivity contribution is 5.97. The lowest BCUT2D eigenvalue weighted by Gasteiger charge is -2.17. The third-order valence-electron chi connectivity index (χ3n) is 6.20. The molecule has 2 fully saturated rings. The summed E-state index contributed by atoms with van der Waals surface area (Å²) >= 11 is 0. The van der Waals surface area contributed by atoms with Crippen molar-refractivity contribution in [3.63, 3.8) is 0 Å². The van der Waals surface area contributed by atoms with Crippen molar-refractivity contribution in [3.05, 3.63) is 33.3 Å². The van der Waals surface area contributed by atoms with Gasteiger partial charge in [-0.15, -0.1) is 0 Å². The van der Waals surface area contributed by atoms with Crippen LogP contribution in [0, 0.1) is 18.8 Å². The van der Waals surface area contributed by atoms with E-state index in [1.54, 1.807) is 6.92 Å². The molecule has 4 rings (SSSR count). The lowest BCUT2D eigenvalue weighted by molar-refractivity contribution is -0.125. The van der Waals surface area contributed by atoms with Crippen molar-refractivity contribution in [1.82, 2.24) is 24.4 Å². The Morgan fingerprint density at radius 1 is 1.26 bits per heavy atom. The number of hydrogen-bond donors (Lipinski definition) is 2. The number of carbonyl (C=O) groups is 2. The van der Waals surface area contributed by atoms with Gasteiger partial charge in [0, 0.05) is 43.2 Å². The quantitative estimate of drug-likeness (QED) is 0.595. The summed E-state index contributed by atoms with van der Waals surface area (Å²) in [4.78, 5) is 39.8. The van der Waals surface area contributed by atoms with E-state index in [2.05, 4.69) is 10.4 Å². The third kappa shape index (κ3) is 4.55. The minimum Gasteiger partial charge on any atom is -0.494 e. The van der Waals surface area contributed by atoms with Gasteiger partial charge in [-0.05, 0) is 38.2 Å². The number of nitrogens with zero attached hydrogens (tertiary/aromatic N) is 4. The Kier molecular flexibility index (Phi) is 6.46. The minimum atomic E-state index is -2.47. The minimum absolute atomic E-state index is 0.000310. The number of hydrogen-bond acceptors (Lipinski definition) is 5. The summed E-state index contributed by atoms with van der Waals surface area (Å²) in [7, 11) is 0. The number of aromatic nitrogens is 3. The molecule has 1 saturated carbocycles. The second-order valence-corrected chi connectivity index (χ2v) is 9.49. The molecule has 2 N–H and O–H groups in total. The first kappa shape index (κ1) is 23.9. The molecule has 9 nitrogen and oxygen atoms in total. The lowest BCUT2D eigenvalue weighted by Crippen LogP contribution is -2.34. The van der Waals surface area contributed by atoms with Crippen LogP contribution in [0.25, 0.3) is 11.7 Å². The van der Waals surface area contributed by atoms with E-state index >= 15 is 0 Å². The van der Waals surface area contributed by atoms with Crippen molar-refractivity contribution in [1.29, 1.82) is 0 Å². The van der Waals surface area contributed by atoms with Crippen molar-refractivity contribution in [2.24, 2.45) is 11.8 Å². The van der Waals surface area contributed by atoms with Crippen LogP contribution < -0.4 is 10.9 Å². The molecular formula is C23H29F2N5O4. The summed E-state index contributed by atoms with van der Waals surface area (Å²) in [5, 5.41) is 18.0. The number of aryl methyl sites for hydroxylation is 1. The zero-order valence-corrected chi connectivity index (χ0v) is 19.4. The topological polar surface area (TPSA) is 109 Å². The highest BCUT2D eigenvalue weighted by Crippen LogP contribution is 2.27. The van der Waals surface area contributed by atoms with Crippen molar-refractivity contribution in [2.75, 3.05) is 13.1 Å². The first-order chi connectivity index (χ1) is 16.1. The number of amides is 2. The van der Waals surface area contributed by atoms with Gasteiger partial charge in [0.15, 0.2) is 5.56 Å². The maximum Gasteiger partial charge on any atom is 0.291 e. The normalized spacial score (nSPS) is 18.7. The molecule has 11 heteroatoms. The monoisotopic (exact) mass is 477 g/mol. The summed E-state index contributed by atoms with van der Waals surface area (Å²) in [5.74, 6) is -2.29. The summed E-state index contributed by atoms with van der Waals surface area (Å²) in [6, 6.07) is -0.000310. The molecule has 1 aliphatic carbocycles. The van der Waals surface area contributed by atoms with Crippen LogP contribution in [0.1, 0.15) is 54.7 Å². The van der Waals surface area contributed by atoms with Crippen LogP contribution >= 0.6 is 0 Å². The predicted molar refractivity (Wildman–Crippen MR) is 121 cm³/mol. The van der Waals surface area contributed by atoms with Crippen LogP contribution in [0.3, 0.4) is 0 Å². The standard InChI is InChI=1S/C23H29F2N5O4/c1-12(2)10-29-21-16(6-7-17(31)28-9-8-14(11-28)19(24)25)13(3)27-30(21)23(34)18(22(29)33)20(32)26-15-4-5-15/h6-7,12,14-15,19,33H,4-5,8-11H2,1-3H3,(H,26,32)/b7-6+. The summed E-state index contributed by atoms with van der Waals surface area (Å²) in [5.41, 5.74) is -0.0132. The molecule has 34 heavy (non-hydrogen) atoms. The van der Waals surface area contributed by atoms with Gasteiger partial charge >= 0.3 is 0 Å². The number of carbonyl (C=O) groups excluding carboxylic acids is 2. The van der Waals surface area contributed by atoms with Gasteiger partial charge in [0.2, 0.25) is 18.2 Å². The fourth-order valence-corrected chi connectivity index (χ4v) is 4.24. The summed E-state index contributed by atoms with van der Waals surface area (Å²) in [6.07, 6.45) is 2.19. The number of alkyl halides is 2. The van der Waals surface area contributed by atoms with Gasteiger partial charge in [-0.2, -0.15) is 9.61 Å². The summed E-state index contributed by atoms with van der Waals surface area (Å²) in [6.45, 7) is 6.04. The Morgan fingerprint density at radius 3 is 2.56 bits per heavy atom. The van der Waals surface area contributed by atoms with Crippen LogP contribution in [-0.2, 0) is 11.3 Å². The van der Waals surface area contributed by atoms with E-state index in [4.69, 9.17) is 0 Å². The van der Waals surface area contributed by atoms with Crippen molar-refractivity contribution in [3.8, 4) is 5.88 Å². The Bertz CT molecular complexity index is 1210. The smallest absolute Gasteiger partial charge is 0.291 e. The molecule has 0 aromatic carbocycles. The van der Waals surface area contributed by atoms with E-state index < -0.39 is 35.6 Å². The maximum absolute atomic E-state index is 13.1. The Labute approximate surface area is 195 Å². The SMILES string of the molecule is Cc1nn2c(=O)c(C(=O)NC3CC3)c(O)n(CC(C)C)c2c1/C=C/C(=O)N1CCC(C(F)F)C1. The van der Waals surface area contributed by atoms with E-state index in [1.165, 1.54) is 21.6 Å². The van der Waals surface area contributed by atoms with E-state index in [-0.39, 0.29) is 42.7 Å². The number of fused-ring (bicyclic) bond motifs is 1. The Hall–Kier alpha value is -3.24. The average Bonchev–Trinajstić information content (AvgIpc) is 3.31. The van der Waals surface area contributed by atoms with Crippen LogP contribution in [0.4, 0.5) is 8.78 Å². The number of aromatic hydroxyl groups is 1. The highest BCUT2D eigenvalue weighted by atomic mass is 19.3. The second-order valence-electron chi connectivity index (χ2n) is 9.49. The molecular weight excluding hydrogens is 448 g/mol. The molecule has 0 bridgehead atoms. The molecule has 2 amide bonds. The molecule has 2 aliphatic rings. The van der Waals surface area contributed by atoms with Crippen LogP contribution in [0.2, 0.25) is 0 Å². The van der Waals surface area contributed by atoms with Gasteiger partial charge in [-0.25, -0.2) is 8.78 Å². The number of rotatable bonds is 7. The molecule has 1 aliphatic heterocycles. The Balaban J connectivity index is 1.75. The van der Waals surface area contributed by atoms with Gasteiger partial charge < -0.3 is 15.3 Å². The van der Waals surface area contributed by atoms with Gasteiger partial charge in [0.1, 0.15) is 5.65 Å². The molecule has 0 radical (unpaired) electrons. The number of halogens is 2. The zero-order valence-electron chi connectivity index (χ0n) is 19.4. The highest BCUT2D eigenvalue weighted by Gasteiger charge is 2.32. The van der Waals surface area contributed by atoms with E-state index in [1.807, 2.05) is 13.8 Å². The molecule has 0 spiro atoms. The second kappa shape index (κ2) is 9.19. The first-order valence-electron chi connectivity index (χ1n) is 11.5. The molecule has 3 heterocycles. The zero-order chi connectivity index (χ0) is 24.7. The first-order valence-corrected chi connectivity index (χ1v) is 11.5. The fourth-order valence-electron chi connectivity index (χ4n) is 4.24. The van der Waals surface area contributed by atoms with Gasteiger partial charge in [-0.1, -0.05) is 13.8 Å². The number of nitrogens with one attached hydrogen (secondary N) is 1. The van der Waals surface area contributed by atoms with Gasteiger partial charge in [0.05, 0.1) is 5.69 Å². The van der Waals surface area contributed by atoms with Crippen LogP contribution in [-0.4, -0.2) is 61.6 Å². The molecule has 1 unspecified atom stereocenters. The molecule has 184 valence electrons. The number of likely N-dealkylation sites (tertiary alicyclic amines) is 1. The van der Waals surface area contributed by atoms with Crippen LogP contribution in [0.15, 0.2) is 10.9 Å². The largest absolute Gasteiger partial charge is 0.494 e. The van der Waals surface area contributed by atoms with Gasteiger partial charge in [-0.3, -0.25) is 19.0 Å². The van der Waals surface area contributed by atoms with Crippen molar-refractivity contribution < 1.29 is 23.5 Å². The molecule has 2 aromatic heterocycles. The molecule has 2 aromatic rings. The van der Waals surface area contributed by atoms with Crippen molar-refractivity contribution >= 4 is 23.5 Å². The Morgan fingerprint density at radius 2 is 1.97 bits per heavy atom. The molecule has 1 saturated heterocycles. The van der Waals surface area contributed by atoms with Gasteiger partial charge in [0.25, 0.3) is 11.5 Å². The lowest BCUT2D eigenvalue weighted by atomic mass is 10.1. The van der Waals surface area contributed by atoms with E-state index in [0.29, 0.717) is 17.8 Å². The fraction of sp³-hybridized carbons (Fsp3) is 0.565. The third-order valence-corrected chi connectivity index (χ3v) is 6.20. The molecule has 1 atom stereocenters. The average molecular weight is 478 g/mol. The maximum atomic E-state index is 13.1.